The highest BCUT2D eigenvalue weighted by atomic mass is 32.1. The maximum absolute atomic E-state index is 11.6. The van der Waals surface area contributed by atoms with Crippen molar-refractivity contribution < 1.29 is 24.5 Å². The minimum atomic E-state index is -1.78. The molecule has 2 N–H and O–H groups in total. The number of hydrogen-bond donors (Lipinski definition) is 2. The number of esters is 1. The highest BCUT2D eigenvalue weighted by Gasteiger charge is 2.36. The van der Waals surface area contributed by atoms with Crippen LogP contribution in [0.4, 0.5) is 0 Å². The van der Waals surface area contributed by atoms with Crippen molar-refractivity contribution in [2.24, 2.45) is 0 Å². The topological polar surface area (TPSA) is 76.0 Å². The number of rotatable bonds is 11. The minimum absolute atomic E-state index is 0.186. The van der Waals surface area contributed by atoms with Gasteiger partial charge in [0, 0.05) is 6.42 Å². The average molecular weight is 342 g/mol. The van der Waals surface area contributed by atoms with E-state index in [0.717, 1.165) is 36.3 Å². The summed E-state index contributed by atoms with van der Waals surface area (Å²) in [4.78, 5) is 12.4. The monoisotopic (exact) mass is 342 g/mol. The lowest BCUT2D eigenvalue weighted by Gasteiger charge is -2.23. The first kappa shape index (κ1) is 19.8. The molecular formula is C17H26O5S. The third kappa shape index (κ3) is 6.81. The van der Waals surface area contributed by atoms with Crippen LogP contribution in [0, 0.1) is 0 Å². The van der Waals surface area contributed by atoms with E-state index in [9.17, 15) is 15.0 Å². The maximum Gasteiger partial charge on any atom is 0.340 e. The summed E-state index contributed by atoms with van der Waals surface area (Å²) >= 11 is 5.21. The number of thiocarbonyl (C=S) groups is 1. The summed E-state index contributed by atoms with van der Waals surface area (Å²) < 4.78 is 10.4. The first-order chi connectivity index (χ1) is 11.0. The van der Waals surface area contributed by atoms with E-state index in [0.29, 0.717) is 13.0 Å². The van der Waals surface area contributed by atoms with Crippen LogP contribution in [0.2, 0.25) is 0 Å². The Labute approximate surface area is 143 Å². The van der Waals surface area contributed by atoms with Gasteiger partial charge < -0.3 is 19.7 Å². The van der Waals surface area contributed by atoms with Crippen molar-refractivity contribution in [2.45, 2.75) is 51.0 Å². The molecule has 0 aromatic heterocycles. The van der Waals surface area contributed by atoms with Crippen LogP contribution in [0.3, 0.4) is 0 Å². The normalized spacial score (nSPS) is 16.7. The molecule has 1 unspecified atom stereocenters. The fourth-order valence-electron chi connectivity index (χ4n) is 2.22. The first-order valence-electron chi connectivity index (χ1n) is 8.07. The molecule has 0 saturated heterocycles. The van der Waals surface area contributed by atoms with Gasteiger partial charge in [0.15, 0.2) is 5.60 Å². The summed E-state index contributed by atoms with van der Waals surface area (Å²) in [5, 5.41) is 19.2. The molecule has 0 spiro atoms. The van der Waals surface area contributed by atoms with Crippen LogP contribution in [-0.2, 0) is 14.3 Å². The maximum atomic E-state index is 11.6. The largest absolute Gasteiger partial charge is 0.492 e. The van der Waals surface area contributed by atoms with Crippen LogP contribution < -0.4 is 0 Å². The van der Waals surface area contributed by atoms with Crippen molar-refractivity contribution in [3.63, 3.8) is 0 Å². The number of hydrogen-bond acceptors (Lipinski definition) is 6. The molecule has 0 aromatic carbocycles. The molecule has 23 heavy (non-hydrogen) atoms. The molecule has 0 heterocycles. The molecule has 0 aliphatic heterocycles. The molecule has 0 saturated carbocycles. The van der Waals surface area contributed by atoms with Gasteiger partial charge in [-0.25, -0.2) is 4.79 Å². The molecule has 1 aliphatic rings. The Morgan fingerprint density at radius 1 is 1.35 bits per heavy atom. The van der Waals surface area contributed by atoms with Crippen molar-refractivity contribution in [1.82, 2.24) is 0 Å². The Morgan fingerprint density at radius 3 is 2.74 bits per heavy atom. The smallest absolute Gasteiger partial charge is 0.340 e. The van der Waals surface area contributed by atoms with Gasteiger partial charge in [0.2, 0.25) is 0 Å². The lowest BCUT2D eigenvalue weighted by Crippen LogP contribution is -2.43. The Hall–Kier alpha value is -1.24. The molecular weight excluding hydrogens is 316 g/mol. The Morgan fingerprint density at radius 2 is 2.09 bits per heavy atom. The zero-order chi connectivity index (χ0) is 17.1. The van der Waals surface area contributed by atoms with Gasteiger partial charge in [-0.3, -0.25) is 0 Å². The predicted molar refractivity (Wildman–Crippen MR) is 92.1 cm³/mol. The second-order valence-electron chi connectivity index (χ2n) is 5.51. The van der Waals surface area contributed by atoms with Crippen LogP contribution in [-0.4, -0.2) is 46.5 Å². The van der Waals surface area contributed by atoms with E-state index in [1.807, 2.05) is 18.2 Å². The van der Waals surface area contributed by atoms with Gasteiger partial charge in [-0.1, -0.05) is 37.2 Å². The second-order valence-corrected chi connectivity index (χ2v) is 6.00. The van der Waals surface area contributed by atoms with E-state index in [4.69, 9.17) is 21.7 Å². The van der Waals surface area contributed by atoms with Crippen LogP contribution in [0.25, 0.3) is 0 Å². The summed E-state index contributed by atoms with van der Waals surface area (Å²) in [6.07, 6.45) is 10.1. The number of allylic oxidation sites excluding steroid dienone is 4. The number of unbranched alkanes of at least 4 members (excludes halogenated alkanes) is 3. The van der Waals surface area contributed by atoms with E-state index in [1.165, 1.54) is 0 Å². The molecule has 0 radical (unpaired) electrons. The highest BCUT2D eigenvalue weighted by Crippen LogP contribution is 2.18. The van der Waals surface area contributed by atoms with Gasteiger partial charge >= 0.3 is 5.97 Å². The molecule has 0 bridgehead atoms. The van der Waals surface area contributed by atoms with Crippen molar-refractivity contribution in [3.05, 3.63) is 24.0 Å². The van der Waals surface area contributed by atoms with Crippen LogP contribution >= 0.6 is 12.2 Å². The lowest BCUT2D eigenvalue weighted by atomic mass is 9.97. The van der Waals surface area contributed by atoms with Crippen LogP contribution in [0.5, 0.6) is 0 Å². The lowest BCUT2D eigenvalue weighted by molar-refractivity contribution is -0.170. The zero-order valence-electron chi connectivity index (χ0n) is 13.6. The van der Waals surface area contributed by atoms with Gasteiger partial charge in [-0.15, -0.1) is 0 Å². The number of aliphatic hydroxyl groups excluding tert-OH is 1. The molecule has 1 aliphatic carbocycles. The number of aliphatic hydroxyl groups is 2. The van der Waals surface area contributed by atoms with Crippen molar-refractivity contribution in [3.8, 4) is 0 Å². The van der Waals surface area contributed by atoms with E-state index in [1.54, 1.807) is 6.92 Å². The van der Waals surface area contributed by atoms with Gasteiger partial charge in [0.1, 0.15) is 5.76 Å². The van der Waals surface area contributed by atoms with Crippen LogP contribution in [0.15, 0.2) is 24.0 Å². The molecule has 0 aromatic rings. The Balaban J connectivity index is 2.15. The number of carbonyl (C=O) groups excluding carboxylic acids is 1. The second kappa shape index (κ2) is 10.5. The molecule has 6 heteroatoms. The molecule has 5 nitrogen and oxygen atoms in total. The van der Waals surface area contributed by atoms with Gasteiger partial charge in [0.05, 0.1) is 24.7 Å². The molecule has 130 valence electrons. The van der Waals surface area contributed by atoms with E-state index in [-0.39, 0.29) is 13.0 Å². The third-order valence-corrected chi connectivity index (χ3v) is 3.99. The molecule has 0 fully saturated rings. The number of carbonyl (C=O) groups is 1. The summed E-state index contributed by atoms with van der Waals surface area (Å²) in [5.41, 5.74) is -1.78. The van der Waals surface area contributed by atoms with Gasteiger partial charge in [0.25, 0.3) is 0 Å². The van der Waals surface area contributed by atoms with Crippen molar-refractivity contribution in [1.29, 1.82) is 0 Å². The van der Waals surface area contributed by atoms with E-state index in [2.05, 4.69) is 0 Å². The summed E-state index contributed by atoms with van der Waals surface area (Å²) in [5.74, 6) is 0.0242. The average Bonchev–Trinajstić information content (AvgIpc) is 2.55. The highest BCUT2D eigenvalue weighted by molar-refractivity contribution is 7.80. The zero-order valence-corrected chi connectivity index (χ0v) is 14.4. The first-order valence-corrected chi connectivity index (χ1v) is 8.47. The molecule has 1 atom stereocenters. The van der Waals surface area contributed by atoms with Crippen LogP contribution in [0.1, 0.15) is 45.4 Å². The van der Waals surface area contributed by atoms with Gasteiger partial charge in [-0.05, 0) is 32.3 Å². The third-order valence-electron chi connectivity index (χ3n) is 3.62. The SMILES string of the molecule is CCOC(=O)C(O)(CO)CCCCCCOC1=CC=CCC1=S. The predicted octanol–water partition coefficient (Wildman–Crippen LogP) is 2.45. The minimum Gasteiger partial charge on any atom is -0.492 e. The fourth-order valence-corrected chi connectivity index (χ4v) is 2.44. The fraction of sp³-hybridized carbons (Fsp3) is 0.647. The number of ether oxygens (including phenoxy) is 2. The summed E-state index contributed by atoms with van der Waals surface area (Å²) in [7, 11) is 0. The summed E-state index contributed by atoms with van der Waals surface area (Å²) in [6, 6.07) is 0. The Kier molecular flexibility index (Phi) is 9.06. The van der Waals surface area contributed by atoms with Gasteiger partial charge in [-0.2, -0.15) is 0 Å². The summed E-state index contributed by atoms with van der Waals surface area (Å²) in [6.45, 7) is 1.83. The Bertz CT molecular complexity index is 458. The van der Waals surface area contributed by atoms with Crippen molar-refractivity contribution in [2.75, 3.05) is 19.8 Å². The standard InChI is InChI=1S/C17H26O5S/c1-2-21-16(19)17(20,13-18)11-7-3-4-8-12-22-14-9-5-6-10-15(14)23/h5-6,9,18,20H,2-4,7-8,10-13H2,1H3. The molecule has 1 rings (SSSR count). The van der Waals surface area contributed by atoms with E-state index >= 15 is 0 Å². The molecule has 0 amide bonds. The van der Waals surface area contributed by atoms with Crippen molar-refractivity contribution >= 4 is 23.1 Å². The quantitative estimate of drug-likeness (QED) is 0.341. The van der Waals surface area contributed by atoms with E-state index < -0.39 is 18.2 Å².